The summed E-state index contributed by atoms with van der Waals surface area (Å²) in [7, 11) is 0. The number of esters is 1. The molecule has 1 spiro atoms. The fraction of sp³-hybridized carbons (Fsp3) is 0.700. The van der Waals surface area contributed by atoms with Gasteiger partial charge < -0.3 is 19.3 Å². The second-order valence-corrected chi connectivity index (χ2v) is 4.22. The van der Waals surface area contributed by atoms with Gasteiger partial charge in [-0.2, -0.15) is 0 Å². The Kier molecular flexibility index (Phi) is 1.75. The maximum absolute atomic E-state index is 11.0. The van der Waals surface area contributed by atoms with Crippen LogP contribution in [-0.2, 0) is 19.0 Å². The summed E-state index contributed by atoms with van der Waals surface area (Å²) < 4.78 is 16.2. The number of aliphatic hydroxyl groups is 1. The monoisotopic (exact) mass is 212 g/mol. The van der Waals surface area contributed by atoms with Crippen molar-refractivity contribution in [3.05, 3.63) is 12.2 Å². The number of hydrogen-bond acceptors (Lipinski definition) is 5. The van der Waals surface area contributed by atoms with Crippen molar-refractivity contribution in [2.75, 3.05) is 0 Å². The van der Waals surface area contributed by atoms with Crippen LogP contribution >= 0.6 is 0 Å². The first-order chi connectivity index (χ1) is 7.10. The topological polar surface area (TPSA) is 65.0 Å². The van der Waals surface area contributed by atoms with E-state index in [9.17, 15) is 9.90 Å². The number of fused-ring (bicyclic) bond motifs is 1. The van der Waals surface area contributed by atoms with Crippen LogP contribution in [0.15, 0.2) is 12.2 Å². The lowest BCUT2D eigenvalue weighted by Crippen LogP contribution is -2.35. The van der Waals surface area contributed by atoms with Gasteiger partial charge in [-0.25, -0.2) is 4.79 Å². The zero-order valence-corrected chi connectivity index (χ0v) is 8.25. The summed E-state index contributed by atoms with van der Waals surface area (Å²) >= 11 is 0. The molecule has 3 aliphatic heterocycles. The first-order valence-electron chi connectivity index (χ1n) is 5.03. The van der Waals surface area contributed by atoms with Gasteiger partial charge in [0.15, 0.2) is 0 Å². The molecule has 2 saturated heterocycles. The van der Waals surface area contributed by atoms with E-state index in [1.54, 1.807) is 13.0 Å². The van der Waals surface area contributed by atoms with Crippen LogP contribution in [0.4, 0.5) is 0 Å². The molecule has 0 saturated carbocycles. The second kappa shape index (κ2) is 2.81. The Morgan fingerprint density at radius 3 is 3.00 bits per heavy atom. The minimum absolute atomic E-state index is 0.189. The molecule has 1 N–H and O–H groups in total. The van der Waals surface area contributed by atoms with E-state index in [1.165, 1.54) is 6.08 Å². The Morgan fingerprint density at radius 1 is 1.60 bits per heavy atom. The minimum Gasteiger partial charge on any atom is -0.426 e. The predicted molar refractivity (Wildman–Crippen MR) is 47.8 cm³/mol. The highest BCUT2D eigenvalue weighted by molar-refractivity contribution is 5.85. The van der Waals surface area contributed by atoms with Crippen molar-refractivity contribution in [3.8, 4) is 0 Å². The number of ether oxygens (including phenoxy) is 3. The highest BCUT2D eigenvalue weighted by Gasteiger charge is 2.57. The quantitative estimate of drug-likeness (QED) is 0.560. The molecule has 0 aliphatic carbocycles. The maximum Gasteiger partial charge on any atom is 0.333 e. The Labute approximate surface area is 86.6 Å². The highest BCUT2D eigenvalue weighted by atomic mass is 16.7. The van der Waals surface area contributed by atoms with Crippen molar-refractivity contribution in [2.24, 2.45) is 0 Å². The summed E-state index contributed by atoms with van der Waals surface area (Å²) in [5.41, 5.74) is 0. The average Bonchev–Trinajstić information content (AvgIpc) is 2.76. The zero-order chi connectivity index (χ0) is 10.6. The van der Waals surface area contributed by atoms with E-state index in [-0.39, 0.29) is 12.2 Å². The third-order valence-corrected chi connectivity index (χ3v) is 3.14. The van der Waals surface area contributed by atoms with Crippen molar-refractivity contribution >= 4 is 5.97 Å². The van der Waals surface area contributed by atoms with Gasteiger partial charge in [-0.05, 0) is 13.0 Å². The van der Waals surface area contributed by atoms with E-state index in [2.05, 4.69) is 0 Å². The molecule has 3 heterocycles. The van der Waals surface area contributed by atoms with E-state index < -0.39 is 24.0 Å². The van der Waals surface area contributed by atoms with Gasteiger partial charge in [-0.1, -0.05) is 0 Å². The van der Waals surface area contributed by atoms with Crippen molar-refractivity contribution in [1.29, 1.82) is 0 Å². The predicted octanol–water partition coefficient (Wildman–Crippen LogP) is -0.267. The molecule has 0 aromatic carbocycles. The molecule has 0 amide bonds. The number of hydrogen-bond donors (Lipinski definition) is 1. The van der Waals surface area contributed by atoms with Gasteiger partial charge >= 0.3 is 5.97 Å². The number of carbonyl (C=O) groups is 1. The Morgan fingerprint density at radius 2 is 2.40 bits per heavy atom. The van der Waals surface area contributed by atoms with E-state index in [4.69, 9.17) is 14.2 Å². The third-order valence-electron chi connectivity index (χ3n) is 3.14. The van der Waals surface area contributed by atoms with Gasteiger partial charge in [0.05, 0.1) is 12.2 Å². The van der Waals surface area contributed by atoms with Crippen LogP contribution in [0.3, 0.4) is 0 Å². The summed E-state index contributed by atoms with van der Waals surface area (Å²) in [6.45, 7) is 1.80. The van der Waals surface area contributed by atoms with Crippen molar-refractivity contribution in [3.63, 3.8) is 0 Å². The van der Waals surface area contributed by atoms with Gasteiger partial charge in [0, 0.05) is 12.5 Å². The lowest BCUT2D eigenvalue weighted by Gasteiger charge is -2.23. The van der Waals surface area contributed by atoms with E-state index in [0.29, 0.717) is 6.42 Å². The highest BCUT2D eigenvalue weighted by Crippen LogP contribution is 2.43. The van der Waals surface area contributed by atoms with Crippen molar-refractivity contribution < 1.29 is 24.1 Å². The summed E-state index contributed by atoms with van der Waals surface area (Å²) in [5.74, 6) is -1.40. The molecular formula is C10H12O5. The van der Waals surface area contributed by atoms with Crippen LogP contribution in [0.2, 0.25) is 0 Å². The Hall–Kier alpha value is -0.910. The van der Waals surface area contributed by atoms with Gasteiger partial charge in [0.2, 0.25) is 5.79 Å². The fourth-order valence-corrected chi connectivity index (χ4v) is 2.40. The van der Waals surface area contributed by atoms with Gasteiger partial charge in [0.1, 0.15) is 12.2 Å². The van der Waals surface area contributed by atoms with Crippen LogP contribution < -0.4 is 0 Å². The Bertz CT molecular complexity index is 339. The number of aliphatic hydroxyl groups excluding tert-OH is 1. The first kappa shape index (κ1) is 9.33. The molecule has 82 valence electrons. The fourth-order valence-electron chi connectivity index (χ4n) is 2.40. The van der Waals surface area contributed by atoms with Crippen LogP contribution in [0, 0.1) is 0 Å². The SMILES string of the molecule is C[C@@H]1O[C@@H]2C[C@@]3(C=CC(=O)O3)O[C@@H]2[C@H]1O. The minimum atomic E-state index is -0.993. The third kappa shape index (κ3) is 1.24. The van der Waals surface area contributed by atoms with Crippen LogP contribution in [-0.4, -0.2) is 41.3 Å². The molecule has 15 heavy (non-hydrogen) atoms. The van der Waals surface area contributed by atoms with E-state index in [1.807, 2.05) is 0 Å². The van der Waals surface area contributed by atoms with Gasteiger partial charge in [-0.15, -0.1) is 0 Å². The molecule has 5 nitrogen and oxygen atoms in total. The molecule has 0 unspecified atom stereocenters. The van der Waals surface area contributed by atoms with Crippen molar-refractivity contribution in [1.82, 2.24) is 0 Å². The first-order valence-corrected chi connectivity index (χ1v) is 5.03. The van der Waals surface area contributed by atoms with Crippen LogP contribution in [0.1, 0.15) is 13.3 Å². The zero-order valence-electron chi connectivity index (χ0n) is 8.25. The maximum atomic E-state index is 11.0. The molecule has 0 aromatic heterocycles. The summed E-state index contributed by atoms with van der Waals surface area (Å²) in [6.07, 6.45) is 1.94. The summed E-state index contributed by atoms with van der Waals surface area (Å²) in [5, 5.41) is 9.76. The molecule has 0 aromatic rings. The van der Waals surface area contributed by atoms with E-state index in [0.717, 1.165) is 0 Å². The molecular weight excluding hydrogens is 200 g/mol. The van der Waals surface area contributed by atoms with Crippen LogP contribution in [0.5, 0.6) is 0 Å². The smallest absolute Gasteiger partial charge is 0.333 e. The van der Waals surface area contributed by atoms with Gasteiger partial charge in [-0.3, -0.25) is 0 Å². The molecule has 3 aliphatic rings. The lowest BCUT2D eigenvalue weighted by molar-refractivity contribution is -0.201. The molecule has 2 fully saturated rings. The molecule has 3 rings (SSSR count). The standard InChI is InChI=1S/C10H12O5/c1-5-8(12)9-6(13-5)4-10(15-9)3-2-7(11)14-10/h2-3,5-6,8-9,12H,4H2,1H3/t5-,6+,8-,9-,10+/m0/s1. The molecule has 5 atom stereocenters. The van der Waals surface area contributed by atoms with E-state index >= 15 is 0 Å². The summed E-state index contributed by atoms with van der Waals surface area (Å²) in [4.78, 5) is 11.0. The number of carbonyl (C=O) groups excluding carboxylic acids is 1. The van der Waals surface area contributed by atoms with Crippen LogP contribution in [0.25, 0.3) is 0 Å². The second-order valence-electron chi connectivity index (χ2n) is 4.22. The molecule has 0 radical (unpaired) electrons. The summed E-state index contributed by atoms with van der Waals surface area (Å²) in [6, 6.07) is 0. The lowest BCUT2D eigenvalue weighted by atomic mass is 10.1. The van der Waals surface area contributed by atoms with Gasteiger partial charge in [0.25, 0.3) is 0 Å². The average molecular weight is 212 g/mol. The van der Waals surface area contributed by atoms with Crippen molar-refractivity contribution in [2.45, 2.75) is 43.5 Å². The molecule has 5 heteroatoms. The normalized spacial score (nSPS) is 52.5. The Balaban J connectivity index is 1.81. The number of rotatable bonds is 0. The largest absolute Gasteiger partial charge is 0.426 e. The molecule has 0 bridgehead atoms.